The number of aryl methyl sites for hydroxylation is 1. The molecule has 2 aromatic carbocycles. The van der Waals surface area contributed by atoms with Gasteiger partial charge in [-0.25, -0.2) is 8.42 Å². The zero-order chi connectivity index (χ0) is 21.1. The van der Waals surface area contributed by atoms with Crippen LogP contribution in [0.1, 0.15) is 32.4 Å². The molecule has 1 aliphatic rings. The third-order valence-corrected chi connectivity index (χ3v) is 7.68. The first kappa shape index (κ1) is 20.7. The van der Waals surface area contributed by atoms with Gasteiger partial charge < -0.3 is 10.2 Å². The number of benzene rings is 2. The fourth-order valence-electron chi connectivity index (χ4n) is 4.06. The lowest BCUT2D eigenvalue weighted by atomic mass is 10.0. The zero-order valence-corrected chi connectivity index (χ0v) is 18.5. The summed E-state index contributed by atoms with van der Waals surface area (Å²) in [6.07, 6.45) is 2.99. The Kier molecular flexibility index (Phi) is 5.95. The minimum Gasteiger partial charge on any atom is -0.382 e. The van der Waals surface area contributed by atoms with Crippen molar-refractivity contribution in [3.63, 3.8) is 0 Å². The predicted molar refractivity (Wildman–Crippen MR) is 124 cm³/mol. The van der Waals surface area contributed by atoms with Gasteiger partial charge in [0.1, 0.15) is 0 Å². The van der Waals surface area contributed by atoms with E-state index in [1.165, 1.54) is 11.1 Å². The molecule has 0 saturated carbocycles. The van der Waals surface area contributed by atoms with E-state index in [9.17, 15) is 8.42 Å². The van der Waals surface area contributed by atoms with Gasteiger partial charge in [0.2, 0.25) is 0 Å². The van der Waals surface area contributed by atoms with E-state index in [-0.39, 0.29) is 5.75 Å². The summed E-state index contributed by atoms with van der Waals surface area (Å²) < 4.78 is 24.0. The number of rotatable bonds is 6. The first-order valence-electron chi connectivity index (χ1n) is 10.7. The van der Waals surface area contributed by atoms with Crippen molar-refractivity contribution >= 4 is 32.1 Å². The zero-order valence-electron chi connectivity index (χ0n) is 17.6. The Hall–Kier alpha value is -2.60. The van der Waals surface area contributed by atoms with Crippen LogP contribution >= 0.6 is 0 Å². The van der Waals surface area contributed by atoms with Gasteiger partial charge in [0.15, 0.2) is 9.84 Å². The SMILES string of the molecule is CCc1cc(NC2CCN(c3ccc(S(=O)(=O)CC)cc3)CC2)c2ccccc2n1. The van der Waals surface area contributed by atoms with Crippen LogP contribution in [0.3, 0.4) is 0 Å². The second-order valence-electron chi connectivity index (χ2n) is 7.83. The van der Waals surface area contributed by atoms with Crippen molar-refractivity contribution in [3.05, 3.63) is 60.3 Å². The van der Waals surface area contributed by atoms with Gasteiger partial charge in [0, 0.05) is 41.6 Å². The van der Waals surface area contributed by atoms with Crippen LogP contribution in [0.5, 0.6) is 0 Å². The summed E-state index contributed by atoms with van der Waals surface area (Å²) in [4.78, 5) is 7.48. The molecule has 0 amide bonds. The Bertz CT molecular complexity index is 1120. The fraction of sp³-hybridized carbons (Fsp3) is 0.375. The van der Waals surface area contributed by atoms with Gasteiger partial charge in [0.25, 0.3) is 0 Å². The molecule has 6 heteroatoms. The number of pyridine rings is 1. The lowest BCUT2D eigenvalue weighted by molar-refractivity contribution is 0.527. The third-order valence-electron chi connectivity index (χ3n) is 5.93. The topological polar surface area (TPSA) is 62.3 Å². The maximum Gasteiger partial charge on any atom is 0.178 e. The van der Waals surface area contributed by atoms with Crippen molar-refractivity contribution < 1.29 is 8.42 Å². The highest BCUT2D eigenvalue weighted by molar-refractivity contribution is 7.91. The van der Waals surface area contributed by atoms with Crippen LogP contribution in [0.4, 0.5) is 11.4 Å². The lowest BCUT2D eigenvalue weighted by Crippen LogP contribution is -2.39. The standard InChI is InChI=1S/C24H29N3O2S/c1-3-18-17-24(22-7-5-6-8-23(22)25-18)26-19-13-15-27(16-14-19)20-9-11-21(12-10-20)30(28,29)4-2/h5-12,17,19H,3-4,13-16H2,1-2H3,(H,25,26). The van der Waals surface area contributed by atoms with Gasteiger partial charge in [-0.15, -0.1) is 0 Å². The average Bonchev–Trinajstić information content (AvgIpc) is 2.79. The van der Waals surface area contributed by atoms with Crippen molar-refractivity contribution in [2.45, 2.75) is 44.0 Å². The molecule has 1 aromatic heterocycles. The van der Waals surface area contributed by atoms with Gasteiger partial charge in [-0.1, -0.05) is 32.0 Å². The first-order valence-corrected chi connectivity index (χ1v) is 12.4. The number of anilines is 2. The van der Waals surface area contributed by atoms with E-state index in [0.29, 0.717) is 10.9 Å². The number of aromatic nitrogens is 1. The molecule has 1 aliphatic heterocycles. The number of hydrogen-bond acceptors (Lipinski definition) is 5. The van der Waals surface area contributed by atoms with Crippen LogP contribution in [-0.2, 0) is 16.3 Å². The van der Waals surface area contributed by atoms with Crippen LogP contribution in [0.25, 0.3) is 10.9 Å². The average molecular weight is 424 g/mol. The summed E-state index contributed by atoms with van der Waals surface area (Å²) >= 11 is 0. The van der Waals surface area contributed by atoms with Crippen LogP contribution in [0.2, 0.25) is 0 Å². The third kappa shape index (κ3) is 4.29. The molecule has 0 aliphatic carbocycles. The largest absolute Gasteiger partial charge is 0.382 e. The Balaban J connectivity index is 1.44. The Morgan fingerprint density at radius 2 is 1.73 bits per heavy atom. The molecule has 3 aromatic rings. The van der Waals surface area contributed by atoms with Crippen molar-refractivity contribution in [1.29, 1.82) is 0 Å². The van der Waals surface area contributed by atoms with E-state index < -0.39 is 9.84 Å². The van der Waals surface area contributed by atoms with E-state index in [2.05, 4.69) is 41.4 Å². The number of fused-ring (bicyclic) bond motifs is 1. The summed E-state index contributed by atoms with van der Waals surface area (Å²) in [7, 11) is -3.15. The molecule has 0 unspecified atom stereocenters. The molecule has 2 heterocycles. The van der Waals surface area contributed by atoms with Crippen molar-refractivity contribution in [2.24, 2.45) is 0 Å². The molecule has 1 fully saturated rings. The molecule has 0 bridgehead atoms. The summed E-state index contributed by atoms with van der Waals surface area (Å²) in [5.74, 6) is 0.132. The van der Waals surface area contributed by atoms with Crippen molar-refractivity contribution in [2.75, 3.05) is 29.1 Å². The Morgan fingerprint density at radius 3 is 2.40 bits per heavy atom. The first-order chi connectivity index (χ1) is 14.5. The van der Waals surface area contributed by atoms with E-state index in [1.807, 2.05) is 18.2 Å². The number of sulfone groups is 1. The molecule has 5 nitrogen and oxygen atoms in total. The predicted octanol–water partition coefficient (Wildman–Crippen LogP) is 4.67. The highest BCUT2D eigenvalue weighted by atomic mass is 32.2. The monoisotopic (exact) mass is 423 g/mol. The molecule has 158 valence electrons. The minimum absolute atomic E-state index is 0.132. The van der Waals surface area contributed by atoms with Gasteiger partial charge in [-0.3, -0.25) is 4.98 Å². The smallest absolute Gasteiger partial charge is 0.178 e. The van der Waals surface area contributed by atoms with Gasteiger partial charge in [-0.2, -0.15) is 0 Å². The molecule has 1 N–H and O–H groups in total. The summed E-state index contributed by atoms with van der Waals surface area (Å²) in [5.41, 5.74) is 4.41. The van der Waals surface area contributed by atoms with E-state index in [1.54, 1.807) is 19.1 Å². The molecule has 1 saturated heterocycles. The Labute approximate surface area is 179 Å². The minimum atomic E-state index is -3.15. The summed E-state index contributed by atoms with van der Waals surface area (Å²) in [6, 6.07) is 18.2. The summed E-state index contributed by atoms with van der Waals surface area (Å²) in [6.45, 7) is 5.70. The lowest BCUT2D eigenvalue weighted by Gasteiger charge is -2.34. The fourth-order valence-corrected chi connectivity index (χ4v) is 4.95. The van der Waals surface area contributed by atoms with Crippen LogP contribution < -0.4 is 10.2 Å². The number of para-hydroxylation sites is 1. The maximum absolute atomic E-state index is 12.0. The molecular weight excluding hydrogens is 394 g/mol. The Morgan fingerprint density at radius 1 is 1.03 bits per heavy atom. The quantitative estimate of drug-likeness (QED) is 0.624. The van der Waals surface area contributed by atoms with Gasteiger partial charge in [-0.05, 0) is 55.7 Å². The van der Waals surface area contributed by atoms with Crippen LogP contribution in [-0.4, -0.2) is 38.3 Å². The number of hydrogen-bond donors (Lipinski definition) is 1. The molecule has 4 rings (SSSR count). The number of piperidine rings is 1. The number of nitrogens with zero attached hydrogens (tertiary/aromatic N) is 2. The van der Waals surface area contributed by atoms with Crippen molar-refractivity contribution in [1.82, 2.24) is 4.98 Å². The normalized spacial score (nSPS) is 15.5. The molecule has 30 heavy (non-hydrogen) atoms. The highest BCUT2D eigenvalue weighted by Gasteiger charge is 2.21. The second-order valence-corrected chi connectivity index (χ2v) is 10.1. The van der Waals surface area contributed by atoms with Crippen LogP contribution in [0, 0.1) is 0 Å². The molecule has 0 radical (unpaired) electrons. The highest BCUT2D eigenvalue weighted by Crippen LogP contribution is 2.28. The van der Waals surface area contributed by atoms with E-state index >= 15 is 0 Å². The summed E-state index contributed by atoms with van der Waals surface area (Å²) in [5, 5.41) is 4.93. The van der Waals surface area contributed by atoms with Gasteiger partial charge >= 0.3 is 0 Å². The van der Waals surface area contributed by atoms with Gasteiger partial charge in [0.05, 0.1) is 16.2 Å². The second kappa shape index (κ2) is 8.64. The molecular formula is C24H29N3O2S. The molecule has 0 atom stereocenters. The maximum atomic E-state index is 12.0. The van der Waals surface area contributed by atoms with Crippen molar-refractivity contribution in [3.8, 4) is 0 Å². The molecule has 0 spiro atoms. The van der Waals surface area contributed by atoms with E-state index in [4.69, 9.17) is 4.98 Å². The van der Waals surface area contributed by atoms with E-state index in [0.717, 1.165) is 49.2 Å². The number of nitrogens with one attached hydrogen (secondary N) is 1. The van der Waals surface area contributed by atoms with Crippen LogP contribution in [0.15, 0.2) is 59.5 Å².